The number of allylic oxidation sites excluding steroid dienone is 1. The summed E-state index contributed by atoms with van der Waals surface area (Å²) in [7, 11) is 0. The molecule has 0 radical (unpaired) electrons. The first-order chi connectivity index (χ1) is 22.1. The normalized spacial score (nSPS) is 39.8. The number of ether oxygens (including phenoxy) is 1. The van der Waals surface area contributed by atoms with Gasteiger partial charge in [0.05, 0.1) is 17.9 Å². The summed E-state index contributed by atoms with van der Waals surface area (Å²) in [6.07, 6.45) is 7.52. The minimum Gasteiger partial charge on any atom is -0.481 e. The number of carbonyl (C=O) groups is 3. The molecule has 0 aromatic heterocycles. The van der Waals surface area contributed by atoms with Crippen LogP contribution in [0, 0.1) is 62.1 Å². The molecule has 0 amide bonds. The van der Waals surface area contributed by atoms with Gasteiger partial charge in [-0.3, -0.25) is 14.4 Å². The fraction of sp³-hybridized carbons (Fsp3) is 0.878. The summed E-state index contributed by atoms with van der Waals surface area (Å²) in [6.45, 7) is 25.4. The fourth-order valence-electron chi connectivity index (χ4n) is 12.6. The summed E-state index contributed by atoms with van der Waals surface area (Å²) in [5.74, 6) is 0.696. The molecule has 5 aliphatic rings. The number of carboxylic acids is 1. The Morgan fingerprint density at radius 2 is 1.56 bits per heavy atom. The average molecular weight is 670 g/mol. The number of carbonyl (C=O) groups excluding carboxylic acids is 2. The van der Waals surface area contributed by atoms with Crippen molar-refractivity contribution in [2.45, 2.75) is 153 Å². The second kappa shape index (κ2) is 12.5. The van der Waals surface area contributed by atoms with Gasteiger partial charge < -0.3 is 20.3 Å². The van der Waals surface area contributed by atoms with E-state index in [0.29, 0.717) is 36.6 Å². The van der Waals surface area contributed by atoms with Gasteiger partial charge in [-0.1, -0.05) is 67.9 Å². The van der Waals surface area contributed by atoms with Crippen molar-refractivity contribution in [3.63, 3.8) is 0 Å². The Morgan fingerprint density at radius 3 is 2.17 bits per heavy atom. The second-order valence-corrected chi connectivity index (χ2v) is 19.6. The molecule has 0 spiro atoms. The van der Waals surface area contributed by atoms with Crippen LogP contribution in [0.3, 0.4) is 0 Å². The summed E-state index contributed by atoms with van der Waals surface area (Å²) in [6, 6.07) is 0. The predicted octanol–water partition coefficient (Wildman–Crippen LogP) is 7.99. The zero-order chi connectivity index (χ0) is 35.8. The van der Waals surface area contributed by atoms with Crippen molar-refractivity contribution in [1.29, 1.82) is 0 Å². The molecule has 0 heterocycles. The minimum atomic E-state index is -1.15. The van der Waals surface area contributed by atoms with Crippen LogP contribution in [0.25, 0.3) is 0 Å². The third kappa shape index (κ3) is 5.64. The van der Waals surface area contributed by atoms with E-state index in [1.807, 2.05) is 0 Å². The van der Waals surface area contributed by atoms with Crippen LogP contribution in [0.1, 0.15) is 140 Å². The molecule has 0 aromatic carbocycles. The number of nitrogens with one attached hydrogen (secondary N) is 1. The lowest BCUT2D eigenvalue weighted by Gasteiger charge is -2.72. The van der Waals surface area contributed by atoms with Crippen molar-refractivity contribution < 1.29 is 29.3 Å². The number of fused-ring (bicyclic) bond motifs is 7. The van der Waals surface area contributed by atoms with E-state index in [1.165, 1.54) is 5.57 Å². The third-order valence-electron chi connectivity index (χ3n) is 15.4. The van der Waals surface area contributed by atoms with Gasteiger partial charge in [0, 0.05) is 23.8 Å². The fourth-order valence-corrected chi connectivity index (χ4v) is 12.6. The molecule has 4 saturated carbocycles. The van der Waals surface area contributed by atoms with Crippen LogP contribution in [-0.4, -0.2) is 53.2 Å². The van der Waals surface area contributed by atoms with Gasteiger partial charge in [-0.2, -0.15) is 0 Å². The van der Waals surface area contributed by atoms with Gasteiger partial charge in [0.2, 0.25) is 0 Å². The first kappa shape index (κ1) is 37.5. The topological polar surface area (TPSA) is 113 Å². The lowest BCUT2D eigenvalue weighted by molar-refractivity contribution is -0.235. The number of Topliss-reactive ketones (excluding diaryl/α,β-unsaturated/α-hetero) is 1. The van der Waals surface area contributed by atoms with E-state index in [9.17, 15) is 24.6 Å². The van der Waals surface area contributed by atoms with E-state index < -0.39 is 28.9 Å². The Hall–Kier alpha value is -1.73. The summed E-state index contributed by atoms with van der Waals surface area (Å²) >= 11 is 0. The highest BCUT2D eigenvalue weighted by Gasteiger charge is 2.70. The first-order valence-corrected chi connectivity index (χ1v) is 19.2. The molecule has 0 aliphatic heterocycles. The van der Waals surface area contributed by atoms with E-state index in [1.54, 1.807) is 13.8 Å². The predicted molar refractivity (Wildman–Crippen MR) is 189 cm³/mol. The SMILES string of the molecule is CC(C)CNC[C@@H](O)[C@@]12CC[C@]3(C)[C@H](CC[C@@H]4[C@@]5(C)CC[C@H](OC(=O)CC(C)(C)C(=O)O)C(C)(C)[C@@H]5CC[C@]43C)C1=C(C(C)C)C(=O)C2. The zero-order valence-corrected chi connectivity index (χ0v) is 32.1. The van der Waals surface area contributed by atoms with Gasteiger partial charge in [0.25, 0.3) is 0 Å². The van der Waals surface area contributed by atoms with Gasteiger partial charge >= 0.3 is 11.9 Å². The highest BCUT2D eigenvalue weighted by atomic mass is 16.5. The van der Waals surface area contributed by atoms with Crippen LogP contribution in [-0.2, 0) is 19.1 Å². The van der Waals surface area contributed by atoms with Crippen molar-refractivity contribution in [2.24, 2.45) is 62.1 Å². The van der Waals surface area contributed by atoms with Gasteiger partial charge in [0.1, 0.15) is 6.10 Å². The van der Waals surface area contributed by atoms with E-state index >= 15 is 0 Å². The van der Waals surface area contributed by atoms with Crippen molar-refractivity contribution in [1.82, 2.24) is 5.32 Å². The summed E-state index contributed by atoms with van der Waals surface area (Å²) in [5, 5.41) is 25.0. The molecule has 9 atom stereocenters. The molecule has 272 valence electrons. The Bertz CT molecular complexity index is 1330. The van der Waals surface area contributed by atoms with Crippen LogP contribution in [0.15, 0.2) is 11.1 Å². The van der Waals surface area contributed by atoms with Crippen LogP contribution in [0.5, 0.6) is 0 Å². The average Bonchev–Trinajstić information content (AvgIpc) is 3.27. The molecule has 0 aromatic rings. The van der Waals surface area contributed by atoms with Gasteiger partial charge in [0.15, 0.2) is 5.78 Å². The number of aliphatic carboxylic acids is 1. The Labute approximate surface area is 290 Å². The molecule has 0 bridgehead atoms. The maximum atomic E-state index is 13.9. The lowest BCUT2D eigenvalue weighted by Crippen LogP contribution is -2.66. The maximum Gasteiger partial charge on any atom is 0.309 e. The molecular formula is C41H67NO6. The van der Waals surface area contributed by atoms with Crippen molar-refractivity contribution in [3.8, 4) is 0 Å². The molecule has 48 heavy (non-hydrogen) atoms. The second-order valence-electron chi connectivity index (χ2n) is 19.6. The molecule has 5 rings (SSSR count). The first-order valence-electron chi connectivity index (χ1n) is 19.2. The monoisotopic (exact) mass is 669 g/mol. The Morgan fingerprint density at radius 1 is 0.896 bits per heavy atom. The molecule has 7 heteroatoms. The number of ketones is 1. The van der Waals surface area contributed by atoms with E-state index in [-0.39, 0.29) is 45.9 Å². The van der Waals surface area contributed by atoms with Crippen LogP contribution >= 0.6 is 0 Å². The highest BCUT2D eigenvalue weighted by Crippen LogP contribution is 2.77. The number of carboxylic acid groups (broad SMARTS) is 1. The number of aliphatic hydroxyl groups excluding tert-OH is 1. The zero-order valence-electron chi connectivity index (χ0n) is 32.1. The number of hydrogen-bond donors (Lipinski definition) is 3. The lowest BCUT2D eigenvalue weighted by atomic mass is 9.33. The standard InChI is InChI=1S/C41H67NO6/c1-24(2)22-42-23-30(44)41-19-18-39(10)26(34(41)33(25(3)4)27(43)20-41)12-13-29-38(9)16-15-31(48-32(45)21-36(5,6)35(46)47)37(7,8)28(38)14-17-40(29,39)11/h24-26,28-31,42,44H,12-23H2,1-11H3,(H,46,47)/t26-,28+,29-,30-,31+,38+,39-,40-,41+/m1/s1. The quantitative estimate of drug-likeness (QED) is 0.202. The molecule has 7 nitrogen and oxygen atoms in total. The molecule has 5 aliphatic carbocycles. The highest BCUT2D eigenvalue weighted by molar-refractivity contribution is 6.00. The molecule has 0 saturated heterocycles. The third-order valence-corrected chi connectivity index (χ3v) is 15.4. The van der Waals surface area contributed by atoms with E-state index in [4.69, 9.17) is 4.74 Å². The molecular weight excluding hydrogens is 602 g/mol. The summed E-state index contributed by atoms with van der Waals surface area (Å²) < 4.78 is 6.15. The van der Waals surface area contributed by atoms with E-state index in [0.717, 1.165) is 63.5 Å². The van der Waals surface area contributed by atoms with Crippen LogP contribution in [0.2, 0.25) is 0 Å². The minimum absolute atomic E-state index is 0.0223. The van der Waals surface area contributed by atoms with Gasteiger partial charge in [-0.25, -0.2) is 0 Å². The largest absolute Gasteiger partial charge is 0.481 e. The number of rotatable bonds is 10. The van der Waals surface area contributed by atoms with Gasteiger partial charge in [-0.15, -0.1) is 0 Å². The smallest absolute Gasteiger partial charge is 0.309 e. The summed E-state index contributed by atoms with van der Waals surface area (Å²) in [4.78, 5) is 38.6. The number of hydrogen-bond acceptors (Lipinski definition) is 6. The molecule has 3 N–H and O–H groups in total. The van der Waals surface area contributed by atoms with Crippen molar-refractivity contribution in [2.75, 3.05) is 13.1 Å². The summed E-state index contributed by atoms with van der Waals surface area (Å²) in [5.41, 5.74) is 0.687. The van der Waals surface area contributed by atoms with Crippen LogP contribution < -0.4 is 5.32 Å². The van der Waals surface area contributed by atoms with E-state index in [2.05, 4.69) is 67.6 Å². The number of aliphatic hydroxyl groups is 1. The Balaban J connectivity index is 1.44. The maximum absolute atomic E-state index is 13.9. The van der Waals surface area contributed by atoms with Crippen LogP contribution in [0.4, 0.5) is 0 Å². The Kier molecular flexibility index (Phi) is 9.77. The molecule has 4 fully saturated rings. The number of esters is 1. The van der Waals surface area contributed by atoms with Crippen molar-refractivity contribution >= 4 is 17.7 Å². The molecule has 0 unspecified atom stereocenters. The van der Waals surface area contributed by atoms with Gasteiger partial charge in [-0.05, 0) is 123 Å². The van der Waals surface area contributed by atoms with Crippen molar-refractivity contribution in [3.05, 3.63) is 11.1 Å².